The molecule has 0 spiro atoms. The molecule has 156 valence electrons. The molecule has 6 nitrogen and oxygen atoms in total. The molecule has 2 aromatic rings. The number of benzene rings is 2. The zero-order valence-electron chi connectivity index (χ0n) is 16.9. The zero-order valence-corrected chi connectivity index (χ0v) is 16.9. The third kappa shape index (κ3) is 6.21. The molecule has 1 heterocycles. The Morgan fingerprint density at radius 2 is 1.86 bits per heavy atom. The molecular weight excluding hydrogens is 370 g/mol. The van der Waals surface area contributed by atoms with Gasteiger partial charge >= 0.3 is 5.97 Å². The maximum atomic E-state index is 11.8. The van der Waals surface area contributed by atoms with Crippen LogP contribution in [0.1, 0.15) is 24.0 Å². The van der Waals surface area contributed by atoms with Gasteiger partial charge in [0.25, 0.3) is 0 Å². The Kier molecular flexibility index (Phi) is 7.90. The van der Waals surface area contributed by atoms with E-state index >= 15 is 0 Å². The van der Waals surface area contributed by atoms with E-state index in [9.17, 15) is 9.90 Å². The summed E-state index contributed by atoms with van der Waals surface area (Å²) in [5.41, 5.74) is 1.70. The molecule has 1 aliphatic rings. The minimum Gasteiger partial charge on any atom is -0.490 e. The predicted molar refractivity (Wildman–Crippen MR) is 111 cm³/mol. The van der Waals surface area contributed by atoms with Gasteiger partial charge in [0.1, 0.15) is 6.61 Å². The molecule has 1 N–H and O–H groups in total. The molecule has 0 aromatic heterocycles. The molecule has 0 aliphatic carbocycles. The second-order valence-corrected chi connectivity index (χ2v) is 7.02. The smallest absolute Gasteiger partial charge is 0.311 e. The fraction of sp³-hybridized carbons (Fsp3) is 0.435. The number of carboxylic acid groups (broad SMARTS) is 1. The summed E-state index contributed by atoms with van der Waals surface area (Å²) >= 11 is 0. The largest absolute Gasteiger partial charge is 0.490 e. The molecule has 1 unspecified atom stereocenters. The lowest BCUT2D eigenvalue weighted by Crippen LogP contribution is -2.38. The summed E-state index contributed by atoms with van der Waals surface area (Å²) in [5.74, 6) is -0.0848. The Morgan fingerprint density at radius 3 is 2.55 bits per heavy atom. The number of nitrogens with zero attached hydrogens (tertiary/aromatic N) is 1. The number of hydrogen-bond acceptors (Lipinski definition) is 5. The van der Waals surface area contributed by atoms with E-state index in [1.54, 1.807) is 0 Å². The SMILES string of the molecule is CCOc1cc(CC(C(=O)O)c2ccccc2)ccc1OCCN1CCOCC1. The van der Waals surface area contributed by atoms with E-state index in [0.717, 1.165) is 44.0 Å². The van der Waals surface area contributed by atoms with Crippen molar-refractivity contribution in [3.63, 3.8) is 0 Å². The van der Waals surface area contributed by atoms with Crippen LogP contribution in [0.5, 0.6) is 11.5 Å². The Balaban J connectivity index is 1.66. The van der Waals surface area contributed by atoms with Gasteiger partial charge in [-0.15, -0.1) is 0 Å². The van der Waals surface area contributed by atoms with Crippen molar-refractivity contribution in [2.75, 3.05) is 46.1 Å². The number of rotatable bonds is 10. The van der Waals surface area contributed by atoms with Gasteiger partial charge in [0.2, 0.25) is 0 Å². The molecule has 1 aliphatic heterocycles. The van der Waals surface area contributed by atoms with E-state index < -0.39 is 11.9 Å². The van der Waals surface area contributed by atoms with Crippen LogP contribution in [0.4, 0.5) is 0 Å². The van der Waals surface area contributed by atoms with Crippen molar-refractivity contribution in [3.8, 4) is 11.5 Å². The first-order chi connectivity index (χ1) is 14.2. The van der Waals surface area contributed by atoms with Crippen molar-refractivity contribution < 1.29 is 24.1 Å². The average molecular weight is 399 g/mol. The van der Waals surface area contributed by atoms with E-state index in [1.807, 2.05) is 55.5 Å². The van der Waals surface area contributed by atoms with Crippen LogP contribution in [0.25, 0.3) is 0 Å². The fourth-order valence-corrected chi connectivity index (χ4v) is 3.45. The van der Waals surface area contributed by atoms with Crippen molar-refractivity contribution >= 4 is 5.97 Å². The van der Waals surface area contributed by atoms with Gasteiger partial charge in [-0.25, -0.2) is 0 Å². The summed E-state index contributed by atoms with van der Waals surface area (Å²) in [7, 11) is 0. The molecule has 0 amide bonds. The molecule has 0 saturated carbocycles. The van der Waals surface area contributed by atoms with Crippen molar-refractivity contribution in [2.45, 2.75) is 19.3 Å². The highest BCUT2D eigenvalue weighted by atomic mass is 16.5. The first kappa shape index (κ1) is 21.1. The van der Waals surface area contributed by atoms with Crippen molar-refractivity contribution in [1.29, 1.82) is 0 Å². The quantitative estimate of drug-likeness (QED) is 0.662. The molecule has 1 fully saturated rings. The molecule has 0 radical (unpaired) electrons. The zero-order chi connectivity index (χ0) is 20.5. The maximum absolute atomic E-state index is 11.8. The third-order valence-corrected chi connectivity index (χ3v) is 5.02. The van der Waals surface area contributed by atoms with E-state index in [1.165, 1.54) is 0 Å². The molecule has 6 heteroatoms. The van der Waals surface area contributed by atoms with Crippen LogP contribution >= 0.6 is 0 Å². The van der Waals surface area contributed by atoms with Gasteiger partial charge in [-0.05, 0) is 36.6 Å². The highest BCUT2D eigenvalue weighted by Crippen LogP contribution is 2.31. The second kappa shape index (κ2) is 10.8. The summed E-state index contributed by atoms with van der Waals surface area (Å²) in [6, 6.07) is 15.0. The van der Waals surface area contributed by atoms with Crippen molar-refractivity contribution in [1.82, 2.24) is 4.90 Å². The molecular formula is C23H29NO5. The number of hydrogen-bond donors (Lipinski definition) is 1. The Morgan fingerprint density at radius 1 is 1.10 bits per heavy atom. The molecule has 0 bridgehead atoms. The average Bonchev–Trinajstić information content (AvgIpc) is 2.75. The number of aliphatic carboxylic acids is 1. The number of carbonyl (C=O) groups is 1. The summed E-state index contributed by atoms with van der Waals surface area (Å²) in [6.45, 7) is 7.24. The van der Waals surface area contributed by atoms with Gasteiger partial charge in [-0.1, -0.05) is 36.4 Å². The number of morpholine rings is 1. The summed E-state index contributed by atoms with van der Waals surface area (Å²) in [5, 5.41) is 9.69. The van der Waals surface area contributed by atoms with Crippen molar-refractivity contribution in [2.24, 2.45) is 0 Å². The Labute approximate surface area is 172 Å². The summed E-state index contributed by atoms with van der Waals surface area (Å²) in [4.78, 5) is 14.1. The lowest BCUT2D eigenvalue weighted by atomic mass is 9.92. The number of ether oxygens (including phenoxy) is 3. The molecule has 1 atom stereocenters. The number of carboxylic acids is 1. The highest BCUT2D eigenvalue weighted by Gasteiger charge is 2.21. The molecule has 3 rings (SSSR count). The predicted octanol–water partition coefficient (Wildman–Crippen LogP) is 3.21. The fourth-order valence-electron chi connectivity index (χ4n) is 3.45. The van der Waals surface area contributed by atoms with Gasteiger partial charge in [-0.3, -0.25) is 9.69 Å². The van der Waals surface area contributed by atoms with Crippen molar-refractivity contribution in [3.05, 3.63) is 59.7 Å². The molecule has 2 aromatic carbocycles. The summed E-state index contributed by atoms with van der Waals surface area (Å²) in [6.07, 6.45) is 0.396. The Bertz CT molecular complexity index is 774. The normalized spacial score (nSPS) is 15.6. The molecule has 1 saturated heterocycles. The topological polar surface area (TPSA) is 68.2 Å². The van der Waals surface area contributed by atoms with Gasteiger partial charge < -0.3 is 19.3 Å². The van der Waals surface area contributed by atoms with Gasteiger partial charge in [0, 0.05) is 19.6 Å². The second-order valence-electron chi connectivity index (χ2n) is 7.02. The standard InChI is InChI=1S/C23H29NO5/c1-2-28-22-17-18(16-20(23(25)26)19-6-4-3-5-7-19)8-9-21(22)29-15-12-24-10-13-27-14-11-24/h3-9,17,20H,2,10-16H2,1H3,(H,25,26). The van der Waals surface area contributed by atoms with Crippen LogP contribution < -0.4 is 9.47 Å². The van der Waals surface area contributed by atoms with Crippen LogP contribution in [-0.2, 0) is 16.0 Å². The van der Waals surface area contributed by atoms with Gasteiger partial charge in [-0.2, -0.15) is 0 Å². The first-order valence-corrected chi connectivity index (χ1v) is 10.1. The van der Waals surface area contributed by atoms with Crippen LogP contribution in [0.3, 0.4) is 0 Å². The van der Waals surface area contributed by atoms with E-state index in [2.05, 4.69) is 4.90 Å². The van der Waals surface area contributed by atoms with E-state index in [0.29, 0.717) is 31.1 Å². The minimum atomic E-state index is -0.833. The van der Waals surface area contributed by atoms with Gasteiger partial charge in [0.15, 0.2) is 11.5 Å². The van der Waals surface area contributed by atoms with E-state index in [4.69, 9.17) is 14.2 Å². The molecule has 29 heavy (non-hydrogen) atoms. The summed E-state index contributed by atoms with van der Waals surface area (Å²) < 4.78 is 17.1. The van der Waals surface area contributed by atoms with Crippen LogP contribution in [-0.4, -0.2) is 62.0 Å². The lowest BCUT2D eigenvalue weighted by molar-refractivity contribution is -0.138. The van der Waals surface area contributed by atoms with Gasteiger partial charge in [0.05, 0.1) is 25.7 Å². The van der Waals surface area contributed by atoms with Crippen LogP contribution in [0.2, 0.25) is 0 Å². The minimum absolute atomic E-state index is 0.396. The first-order valence-electron chi connectivity index (χ1n) is 10.1. The highest BCUT2D eigenvalue weighted by molar-refractivity contribution is 5.76. The van der Waals surface area contributed by atoms with E-state index in [-0.39, 0.29) is 0 Å². The maximum Gasteiger partial charge on any atom is 0.311 e. The lowest BCUT2D eigenvalue weighted by Gasteiger charge is -2.26. The monoisotopic (exact) mass is 399 g/mol. The van der Waals surface area contributed by atoms with Crippen LogP contribution in [0.15, 0.2) is 48.5 Å². The third-order valence-electron chi connectivity index (χ3n) is 5.02. The van der Waals surface area contributed by atoms with Crippen LogP contribution in [0, 0.1) is 0 Å². The Hall–Kier alpha value is -2.57.